The van der Waals surface area contributed by atoms with Gasteiger partial charge >= 0.3 is 6.18 Å². The molecule has 6 nitrogen and oxygen atoms in total. The molecular weight excluding hydrogens is 451 g/mol. The third-order valence-corrected chi connectivity index (χ3v) is 8.36. The van der Waals surface area contributed by atoms with Crippen LogP contribution in [-0.4, -0.2) is 71.4 Å². The Labute approximate surface area is 196 Å². The van der Waals surface area contributed by atoms with Crippen LogP contribution in [0.4, 0.5) is 19.1 Å². The summed E-state index contributed by atoms with van der Waals surface area (Å²) in [5.41, 5.74) is 0.758. The van der Waals surface area contributed by atoms with Crippen molar-refractivity contribution in [2.24, 2.45) is 12.5 Å². The van der Waals surface area contributed by atoms with Crippen molar-refractivity contribution < 1.29 is 17.9 Å². The van der Waals surface area contributed by atoms with Crippen LogP contribution in [0.15, 0.2) is 29.4 Å². The molecule has 180 valence electrons. The Balaban J connectivity index is 1.06. The van der Waals surface area contributed by atoms with Crippen molar-refractivity contribution in [3.05, 3.63) is 35.4 Å². The van der Waals surface area contributed by atoms with Crippen molar-refractivity contribution >= 4 is 17.7 Å². The molecule has 1 aliphatic carbocycles. The van der Waals surface area contributed by atoms with Gasteiger partial charge < -0.3 is 14.5 Å². The predicted octanol–water partition coefficient (Wildman–Crippen LogP) is 4.03. The molecule has 2 aromatic rings. The Kier molecular flexibility index (Phi) is 6.35. The Hall–Kier alpha value is -1.78. The molecule has 0 bridgehead atoms. The number of alkyl halides is 3. The van der Waals surface area contributed by atoms with Gasteiger partial charge in [-0.1, -0.05) is 23.9 Å². The van der Waals surface area contributed by atoms with Gasteiger partial charge in [-0.2, -0.15) is 13.2 Å². The van der Waals surface area contributed by atoms with E-state index < -0.39 is 11.7 Å². The highest BCUT2D eigenvalue weighted by molar-refractivity contribution is 7.99. The fraction of sp³-hybridized carbons (Fsp3) is 0.652. The fourth-order valence-electron chi connectivity index (χ4n) is 5.27. The number of ether oxygens (including phenoxy) is 1. The average Bonchev–Trinajstić information content (AvgIpc) is 3.15. The Morgan fingerprint density at radius 3 is 2.61 bits per heavy atom. The van der Waals surface area contributed by atoms with Crippen molar-refractivity contribution in [2.75, 3.05) is 56.6 Å². The smallest absolute Gasteiger partial charge is 0.378 e. The minimum atomic E-state index is -4.27. The number of halogens is 3. The second-order valence-electron chi connectivity index (χ2n) is 9.41. The third kappa shape index (κ3) is 4.88. The minimum absolute atomic E-state index is 0.267. The van der Waals surface area contributed by atoms with Gasteiger partial charge in [0, 0.05) is 32.4 Å². The van der Waals surface area contributed by atoms with Crippen molar-refractivity contribution in [2.45, 2.75) is 36.5 Å². The molecule has 0 amide bonds. The average molecular weight is 482 g/mol. The number of aromatic nitrogens is 3. The molecule has 3 fully saturated rings. The number of hydrogen-bond acceptors (Lipinski definition) is 6. The summed E-state index contributed by atoms with van der Waals surface area (Å²) in [6.45, 7) is 6.32. The van der Waals surface area contributed by atoms with Gasteiger partial charge in [0.15, 0.2) is 5.16 Å². The highest BCUT2D eigenvalue weighted by atomic mass is 32.2. The van der Waals surface area contributed by atoms with E-state index >= 15 is 0 Å². The molecule has 0 radical (unpaired) electrons. The molecule has 1 saturated carbocycles. The van der Waals surface area contributed by atoms with E-state index in [0.717, 1.165) is 87.6 Å². The Morgan fingerprint density at radius 2 is 1.88 bits per heavy atom. The summed E-state index contributed by atoms with van der Waals surface area (Å²) in [5.74, 6) is 2.29. The van der Waals surface area contributed by atoms with Gasteiger partial charge in [0.1, 0.15) is 0 Å². The van der Waals surface area contributed by atoms with Gasteiger partial charge in [0.2, 0.25) is 5.95 Å². The first-order chi connectivity index (χ1) is 15.9. The lowest BCUT2D eigenvalue weighted by Gasteiger charge is -2.27. The standard InChI is InChI=1S/C23H30F3N5OS/c1-29-20(31-10-12-32-13-11-31)27-28-21(29)33-14-2-8-30-9-7-22(16-30)15-19(22)17-3-5-18(6-4-17)23(24,25)26/h3-6,19H,2,7-16H2,1H3. The van der Waals surface area contributed by atoms with Crippen LogP contribution in [0.25, 0.3) is 0 Å². The predicted molar refractivity (Wildman–Crippen MR) is 122 cm³/mol. The lowest BCUT2D eigenvalue weighted by Crippen LogP contribution is -2.37. The zero-order valence-corrected chi connectivity index (χ0v) is 19.7. The summed E-state index contributed by atoms with van der Waals surface area (Å²) in [6, 6.07) is 5.80. The molecule has 33 heavy (non-hydrogen) atoms. The lowest BCUT2D eigenvalue weighted by molar-refractivity contribution is -0.137. The molecule has 1 spiro atoms. The van der Waals surface area contributed by atoms with Gasteiger partial charge in [-0.25, -0.2) is 0 Å². The van der Waals surface area contributed by atoms with Crippen molar-refractivity contribution in [3.8, 4) is 0 Å². The van der Waals surface area contributed by atoms with E-state index in [1.165, 1.54) is 12.1 Å². The van der Waals surface area contributed by atoms with E-state index in [0.29, 0.717) is 5.92 Å². The minimum Gasteiger partial charge on any atom is -0.378 e. The van der Waals surface area contributed by atoms with Crippen LogP contribution in [0.1, 0.15) is 36.3 Å². The summed E-state index contributed by atoms with van der Waals surface area (Å²) in [7, 11) is 2.02. The monoisotopic (exact) mass is 481 g/mol. The number of morpholine rings is 1. The Morgan fingerprint density at radius 1 is 1.12 bits per heavy atom. The summed E-state index contributed by atoms with van der Waals surface area (Å²) in [6.07, 6.45) is -0.965. The van der Waals surface area contributed by atoms with Crippen LogP contribution in [0.5, 0.6) is 0 Å². The molecule has 5 rings (SSSR count). The number of anilines is 1. The van der Waals surface area contributed by atoms with Gasteiger partial charge in [0.25, 0.3) is 0 Å². The number of thioether (sulfide) groups is 1. The van der Waals surface area contributed by atoms with Crippen LogP contribution >= 0.6 is 11.8 Å². The number of benzene rings is 1. The van der Waals surface area contributed by atoms with Gasteiger partial charge in [-0.05, 0) is 61.4 Å². The maximum absolute atomic E-state index is 12.8. The SMILES string of the molecule is Cn1c(SCCCN2CCC3(CC3c3ccc(C(F)(F)F)cc3)C2)nnc1N1CCOCC1. The van der Waals surface area contributed by atoms with Gasteiger partial charge in [-0.15, -0.1) is 10.2 Å². The van der Waals surface area contributed by atoms with E-state index in [-0.39, 0.29) is 5.41 Å². The molecule has 10 heteroatoms. The molecule has 1 aromatic heterocycles. The molecule has 2 unspecified atom stereocenters. The third-order valence-electron chi connectivity index (χ3n) is 7.25. The lowest BCUT2D eigenvalue weighted by atomic mass is 9.97. The van der Waals surface area contributed by atoms with Crippen LogP contribution in [0.2, 0.25) is 0 Å². The fourth-order valence-corrected chi connectivity index (χ4v) is 6.10. The van der Waals surface area contributed by atoms with E-state index in [1.54, 1.807) is 23.9 Å². The maximum Gasteiger partial charge on any atom is 0.416 e. The molecule has 2 atom stereocenters. The van der Waals surface area contributed by atoms with Crippen LogP contribution in [0.3, 0.4) is 0 Å². The summed E-state index contributed by atoms with van der Waals surface area (Å²) >= 11 is 1.74. The van der Waals surface area contributed by atoms with Crippen LogP contribution < -0.4 is 4.90 Å². The van der Waals surface area contributed by atoms with Crippen molar-refractivity contribution in [1.29, 1.82) is 0 Å². The summed E-state index contributed by atoms with van der Waals surface area (Å²) < 4.78 is 46.0. The van der Waals surface area contributed by atoms with E-state index in [1.807, 2.05) is 7.05 Å². The molecule has 2 aliphatic heterocycles. The molecule has 0 N–H and O–H groups in total. The first-order valence-electron chi connectivity index (χ1n) is 11.6. The van der Waals surface area contributed by atoms with E-state index in [9.17, 15) is 13.2 Å². The molecular formula is C23H30F3N5OS. The summed E-state index contributed by atoms with van der Waals surface area (Å²) in [4.78, 5) is 4.73. The topological polar surface area (TPSA) is 46.4 Å². The summed E-state index contributed by atoms with van der Waals surface area (Å²) in [5, 5.41) is 9.68. The first-order valence-corrected chi connectivity index (χ1v) is 12.6. The second-order valence-corrected chi connectivity index (χ2v) is 10.5. The molecule has 2 saturated heterocycles. The highest BCUT2D eigenvalue weighted by Gasteiger charge is 2.57. The molecule has 3 heterocycles. The maximum atomic E-state index is 12.8. The van der Waals surface area contributed by atoms with Crippen LogP contribution in [-0.2, 0) is 18.0 Å². The quantitative estimate of drug-likeness (QED) is 0.440. The first kappa shape index (κ1) is 23.0. The number of hydrogen-bond donors (Lipinski definition) is 0. The number of likely N-dealkylation sites (tertiary alicyclic amines) is 1. The van der Waals surface area contributed by atoms with Gasteiger partial charge in [-0.3, -0.25) is 4.57 Å². The largest absolute Gasteiger partial charge is 0.416 e. The van der Waals surface area contributed by atoms with Crippen molar-refractivity contribution in [3.63, 3.8) is 0 Å². The highest BCUT2D eigenvalue weighted by Crippen LogP contribution is 2.64. The van der Waals surface area contributed by atoms with E-state index in [2.05, 4.69) is 24.6 Å². The zero-order chi connectivity index (χ0) is 23.1. The molecule has 1 aromatic carbocycles. The zero-order valence-electron chi connectivity index (χ0n) is 18.9. The van der Waals surface area contributed by atoms with Gasteiger partial charge in [0.05, 0.1) is 18.8 Å². The molecule has 3 aliphatic rings. The van der Waals surface area contributed by atoms with Crippen molar-refractivity contribution in [1.82, 2.24) is 19.7 Å². The van der Waals surface area contributed by atoms with Crippen LogP contribution in [0, 0.1) is 5.41 Å². The number of nitrogens with zero attached hydrogens (tertiary/aromatic N) is 5. The number of rotatable bonds is 7. The normalized spacial score (nSPS) is 25.8. The van der Waals surface area contributed by atoms with E-state index in [4.69, 9.17) is 4.74 Å². The second kappa shape index (κ2) is 9.11. The Bertz CT molecular complexity index is 960.